The fraction of sp³-hybridized carbons (Fsp3) is 0.471. The number of hydrogen-bond acceptors (Lipinski definition) is 3. The molecule has 4 rings (SSSR count). The van der Waals surface area contributed by atoms with Crippen LogP contribution in [0.1, 0.15) is 41.5 Å². The van der Waals surface area contributed by atoms with Gasteiger partial charge in [0.15, 0.2) is 0 Å². The van der Waals surface area contributed by atoms with Crippen LogP contribution in [0.25, 0.3) is 5.69 Å². The normalized spacial score (nSPS) is 17.8. The van der Waals surface area contributed by atoms with Crippen molar-refractivity contribution >= 4 is 0 Å². The van der Waals surface area contributed by atoms with E-state index in [9.17, 15) is 0 Å². The molecule has 4 heteroatoms. The van der Waals surface area contributed by atoms with Gasteiger partial charge in [-0.25, -0.2) is 4.98 Å². The van der Waals surface area contributed by atoms with Crippen LogP contribution in [0.2, 0.25) is 0 Å². The number of imidazole rings is 1. The number of aromatic nitrogens is 2. The summed E-state index contributed by atoms with van der Waals surface area (Å²) in [6, 6.07) is 8.55. The Kier molecular flexibility index (Phi) is 3.28. The van der Waals surface area contributed by atoms with Crippen molar-refractivity contribution in [2.75, 3.05) is 13.7 Å². The summed E-state index contributed by atoms with van der Waals surface area (Å²) in [4.78, 5) is 4.95. The fourth-order valence-corrected chi connectivity index (χ4v) is 3.22. The molecular formula is C17H21N3O. The molecule has 0 amide bonds. The van der Waals surface area contributed by atoms with Crippen LogP contribution in [0, 0.1) is 0 Å². The highest BCUT2D eigenvalue weighted by atomic mass is 16.5. The van der Waals surface area contributed by atoms with Gasteiger partial charge in [-0.2, -0.15) is 0 Å². The van der Waals surface area contributed by atoms with Gasteiger partial charge in [0.25, 0.3) is 0 Å². The third kappa shape index (κ3) is 2.28. The maximum atomic E-state index is 5.38. The average molecular weight is 283 g/mol. The van der Waals surface area contributed by atoms with Crippen molar-refractivity contribution in [1.82, 2.24) is 14.9 Å². The molecule has 1 aliphatic heterocycles. The lowest BCUT2D eigenvalue weighted by Gasteiger charge is -2.18. The molecule has 0 radical (unpaired) electrons. The van der Waals surface area contributed by atoms with Gasteiger partial charge in [0.1, 0.15) is 5.82 Å². The Labute approximate surface area is 125 Å². The predicted octanol–water partition coefficient (Wildman–Crippen LogP) is 2.54. The first kappa shape index (κ1) is 13.0. The minimum atomic E-state index is 0.644. The van der Waals surface area contributed by atoms with Crippen LogP contribution in [-0.2, 0) is 24.3 Å². The van der Waals surface area contributed by atoms with Gasteiger partial charge in [0, 0.05) is 43.8 Å². The van der Waals surface area contributed by atoms with E-state index in [2.05, 4.69) is 34.1 Å². The Balaban J connectivity index is 1.89. The van der Waals surface area contributed by atoms with E-state index in [0.717, 1.165) is 19.5 Å². The first-order chi connectivity index (χ1) is 10.4. The maximum Gasteiger partial charge on any atom is 0.116 e. The molecule has 1 fully saturated rings. The molecule has 2 heterocycles. The van der Waals surface area contributed by atoms with Gasteiger partial charge in [-0.3, -0.25) is 4.57 Å². The predicted molar refractivity (Wildman–Crippen MR) is 81.7 cm³/mol. The summed E-state index contributed by atoms with van der Waals surface area (Å²) in [6.45, 7) is 2.58. The highest BCUT2D eigenvalue weighted by Crippen LogP contribution is 2.42. The third-order valence-electron chi connectivity index (χ3n) is 4.39. The van der Waals surface area contributed by atoms with Gasteiger partial charge in [0.2, 0.25) is 0 Å². The van der Waals surface area contributed by atoms with E-state index < -0.39 is 0 Å². The topological polar surface area (TPSA) is 39.1 Å². The van der Waals surface area contributed by atoms with Crippen LogP contribution >= 0.6 is 0 Å². The third-order valence-corrected chi connectivity index (χ3v) is 4.39. The second kappa shape index (κ2) is 5.28. The Bertz CT molecular complexity index is 658. The summed E-state index contributed by atoms with van der Waals surface area (Å²) in [5.74, 6) is 1.90. The summed E-state index contributed by atoms with van der Waals surface area (Å²) >= 11 is 0. The summed E-state index contributed by atoms with van der Waals surface area (Å²) < 4.78 is 7.80. The highest BCUT2D eigenvalue weighted by Gasteiger charge is 2.32. The van der Waals surface area contributed by atoms with E-state index in [0.29, 0.717) is 12.5 Å². The second-order valence-corrected chi connectivity index (χ2v) is 5.96. The fourth-order valence-electron chi connectivity index (χ4n) is 3.22. The summed E-state index contributed by atoms with van der Waals surface area (Å²) in [6.07, 6.45) is 3.60. The lowest BCUT2D eigenvalue weighted by Crippen LogP contribution is -2.25. The summed E-state index contributed by atoms with van der Waals surface area (Å²) in [5, 5.41) is 3.43. The van der Waals surface area contributed by atoms with Crippen LogP contribution in [0.5, 0.6) is 0 Å². The van der Waals surface area contributed by atoms with E-state index in [4.69, 9.17) is 9.72 Å². The van der Waals surface area contributed by atoms with E-state index in [-0.39, 0.29) is 0 Å². The molecule has 1 aliphatic carbocycles. The Hall–Kier alpha value is -1.65. The molecule has 21 heavy (non-hydrogen) atoms. The Morgan fingerprint density at radius 3 is 3.00 bits per heavy atom. The number of fused-ring (bicyclic) bond motifs is 1. The quantitative estimate of drug-likeness (QED) is 0.937. The van der Waals surface area contributed by atoms with E-state index >= 15 is 0 Å². The maximum absolute atomic E-state index is 5.38. The molecule has 0 bridgehead atoms. The van der Waals surface area contributed by atoms with Gasteiger partial charge in [-0.1, -0.05) is 18.2 Å². The van der Waals surface area contributed by atoms with Gasteiger partial charge < -0.3 is 10.1 Å². The first-order valence-corrected chi connectivity index (χ1v) is 7.77. The van der Waals surface area contributed by atoms with Crippen LogP contribution < -0.4 is 5.32 Å². The molecule has 110 valence electrons. The van der Waals surface area contributed by atoms with Crippen LogP contribution in [0.4, 0.5) is 0 Å². The first-order valence-electron chi connectivity index (χ1n) is 7.77. The zero-order valence-electron chi connectivity index (χ0n) is 12.4. The smallest absolute Gasteiger partial charge is 0.116 e. The van der Waals surface area contributed by atoms with Crippen LogP contribution in [-0.4, -0.2) is 23.2 Å². The van der Waals surface area contributed by atoms with Crippen LogP contribution in [0.15, 0.2) is 24.3 Å². The van der Waals surface area contributed by atoms with Crippen molar-refractivity contribution in [3.63, 3.8) is 0 Å². The molecule has 1 N–H and O–H groups in total. The Morgan fingerprint density at radius 1 is 1.33 bits per heavy atom. The van der Waals surface area contributed by atoms with Crippen LogP contribution in [0.3, 0.4) is 0 Å². The highest BCUT2D eigenvalue weighted by molar-refractivity contribution is 5.46. The zero-order valence-corrected chi connectivity index (χ0v) is 12.4. The average Bonchev–Trinajstić information content (AvgIpc) is 3.29. The molecule has 1 aromatic heterocycles. The molecule has 1 saturated carbocycles. The SMILES string of the molecule is COCc1ccccc1-n1c(C2CC2)nc2c1CCNC2. The number of methoxy groups -OCH3 is 1. The van der Waals surface area contributed by atoms with E-state index in [1.54, 1.807) is 7.11 Å². The summed E-state index contributed by atoms with van der Waals surface area (Å²) in [5.41, 5.74) is 5.10. The van der Waals surface area contributed by atoms with Gasteiger partial charge in [-0.15, -0.1) is 0 Å². The number of nitrogens with one attached hydrogen (secondary N) is 1. The van der Waals surface area contributed by atoms with Gasteiger partial charge in [-0.05, 0) is 18.9 Å². The van der Waals surface area contributed by atoms with Crippen molar-refractivity contribution in [3.8, 4) is 5.69 Å². The molecule has 2 aliphatic rings. The monoisotopic (exact) mass is 283 g/mol. The van der Waals surface area contributed by atoms with Gasteiger partial charge >= 0.3 is 0 Å². The molecular weight excluding hydrogens is 262 g/mol. The van der Waals surface area contributed by atoms with E-state index in [1.807, 2.05) is 0 Å². The van der Waals surface area contributed by atoms with Crippen molar-refractivity contribution < 1.29 is 4.74 Å². The van der Waals surface area contributed by atoms with Crippen molar-refractivity contribution in [2.45, 2.75) is 38.3 Å². The standard InChI is InChI=1S/C17H21N3O/c1-21-11-13-4-2-3-5-15(13)20-16-8-9-18-10-14(16)19-17(20)12-6-7-12/h2-5,12,18H,6-11H2,1H3. The largest absolute Gasteiger partial charge is 0.380 e. The molecule has 0 spiro atoms. The minimum absolute atomic E-state index is 0.644. The van der Waals surface area contributed by atoms with Gasteiger partial charge in [0.05, 0.1) is 18.0 Å². The number of rotatable bonds is 4. The zero-order chi connectivity index (χ0) is 14.2. The minimum Gasteiger partial charge on any atom is -0.380 e. The van der Waals surface area contributed by atoms with Crippen molar-refractivity contribution in [2.24, 2.45) is 0 Å². The molecule has 4 nitrogen and oxygen atoms in total. The number of hydrogen-bond donors (Lipinski definition) is 1. The summed E-state index contributed by atoms with van der Waals surface area (Å²) in [7, 11) is 1.76. The lowest BCUT2D eigenvalue weighted by atomic mass is 10.1. The number of para-hydroxylation sites is 1. The molecule has 2 aromatic rings. The molecule has 1 aromatic carbocycles. The number of benzene rings is 1. The van der Waals surface area contributed by atoms with Crippen molar-refractivity contribution in [1.29, 1.82) is 0 Å². The Morgan fingerprint density at radius 2 is 2.19 bits per heavy atom. The molecule has 0 unspecified atom stereocenters. The molecule has 0 saturated heterocycles. The van der Waals surface area contributed by atoms with E-state index in [1.165, 1.54) is 41.3 Å². The van der Waals surface area contributed by atoms with Crippen molar-refractivity contribution in [3.05, 3.63) is 47.0 Å². The number of nitrogens with zero attached hydrogens (tertiary/aromatic N) is 2. The number of ether oxygens (including phenoxy) is 1. The molecule has 0 atom stereocenters. The lowest BCUT2D eigenvalue weighted by molar-refractivity contribution is 0.184. The second-order valence-electron chi connectivity index (χ2n) is 5.96.